The fourth-order valence-electron chi connectivity index (χ4n) is 1.01. The Morgan fingerprint density at radius 2 is 2.19 bits per heavy atom. The van der Waals surface area contributed by atoms with Crippen LogP contribution in [-0.2, 0) is 0 Å². The van der Waals surface area contributed by atoms with E-state index in [1.54, 1.807) is 0 Å². The summed E-state index contributed by atoms with van der Waals surface area (Å²) in [6.45, 7) is 0.702. The second-order valence-electron chi connectivity index (χ2n) is 2.78. The molecule has 1 aromatic rings. The average Bonchev–Trinajstić information content (AvgIpc) is 2.28. The van der Waals surface area contributed by atoms with E-state index >= 15 is 0 Å². The minimum Gasteiger partial charge on any atom is -0.476 e. The quantitative estimate of drug-likeness (QED) is 0.418. The van der Waals surface area contributed by atoms with Crippen LogP contribution in [0.3, 0.4) is 0 Å². The molecule has 0 unspecified atom stereocenters. The molecule has 16 heavy (non-hydrogen) atoms. The molecule has 1 rings (SSSR count). The summed E-state index contributed by atoms with van der Waals surface area (Å²) < 4.78 is 9.88. The number of nitrogens with two attached hydrogens (primary N) is 1. The van der Waals surface area contributed by atoms with Gasteiger partial charge in [0.25, 0.3) is 0 Å². The van der Waals surface area contributed by atoms with Crippen molar-refractivity contribution < 1.29 is 14.4 Å². The molecule has 0 aliphatic heterocycles. The first-order chi connectivity index (χ1) is 7.70. The van der Waals surface area contributed by atoms with Gasteiger partial charge in [0.05, 0.1) is 18.6 Å². The molecule has 0 radical (unpaired) electrons. The van der Waals surface area contributed by atoms with Crippen molar-refractivity contribution in [3.63, 3.8) is 0 Å². The molecule has 0 aliphatic carbocycles. The van der Waals surface area contributed by atoms with Gasteiger partial charge in [-0.3, -0.25) is 10.1 Å². The van der Waals surface area contributed by atoms with E-state index in [1.807, 2.05) is 0 Å². The Morgan fingerprint density at radius 1 is 1.50 bits per heavy atom. The molecule has 1 aromatic heterocycles. The van der Waals surface area contributed by atoms with Crippen molar-refractivity contribution in [1.82, 2.24) is 9.97 Å². The first-order valence-electron chi connectivity index (χ1n) is 4.57. The number of nitro groups is 1. The zero-order valence-corrected chi connectivity index (χ0v) is 8.75. The van der Waals surface area contributed by atoms with E-state index in [1.165, 1.54) is 7.11 Å². The molecule has 0 atom stereocenters. The molecule has 0 aliphatic rings. The van der Waals surface area contributed by atoms with Crippen molar-refractivity contribution >= 4 is 5.69 Å². The van der Waals surface area contributed by atoms with Gasteiger partial charge in [-0.15, -0.1) is 0 Å². The number of hydrogen-bond donors (Lipinski definition) is 1. The van der Waals surface area contributed by atoms with Crippen LogP contribution in [-0.4, -0.2) is 35.2 Å². The smallest absolute Gasteiger partial charge is 0.392 e. The lowest BCUT2D eigenvalue weighted by Crippen LogP contribution is -2.09. The van der Waals surface area contributed by atoms with Crippen molar-refractivity contribution in [1.29, 1.82) is 0 Å². The maximum absolute atomic E-state index is 10.8. The van der Waals surface area contributed by atoms with Gasteiger partial charge in [-0.2, -0.15) is 9.97 Å². The summed E-state index contributed by atoms with van der Waals surface area (Å²) in [4.78, 5) is 17.4. The molecule has 0 saturated carbocycles. The first-order valence-corrected chi connectivity index (χ1v) is 4.57. The second-order valence-corrected chi connectivity index (χ2v) is 2.78. The van der Waals surface area contributed by atoms with Crippen LogP contribution in [0.15, 0.2) is 6.33 Å². The monoisotopic (exact) mass is 228 g/mol. The fraction of sp³-hybridized carbons (Fsp3) is 0.500. The normalized spacial score (nSPS) is 9.88. The largest absolute Gasteiger partial charge is 0.476 e. The van der Waals surface area contributed by atoms with Crippen LogP contribution in [0.2, 0.25) is 0 Å². The van der Waals surface area contributed by atoms with Gasteiger partial charge >= 0.3 is 17.4 Å². The molecule has 88 valence electrons. The SMILES string of the molecule is COc1ncnc(OCCCN)c1[N+](=O)[O-]. The maximum Gasteiger partial charge on any atom is 0.392 e. The van der Waals surface area contributed by atoms with Crippen LogP contribution < -0.4 is 15.2 Å². The molecular weight excluding hydrogens is 216 g/mol. The van der Waals surface area contributed by atoms with E-state index in [0.717, 1.165) is 6.33 Å². The molecular formula is C8H12N4O4. The summed E-state index contributed by atoms with van der Waals surface area (Å²) in [6.07, 6.45) is 1.73. The van der Waals surface area contributed by atoms with E-state index in [-0.39, 0.29) is 24.1 Å². The Balaban J connectivity index is 2.93. The van der Waals surface area contributed by atoms with Gasteiger partial charge in [0.15, 0.2) is 0 Å². The van der Waals surface area contributed by atoms with E-state index in [9.17, 15) is 10.1 Å². The highest BCUT2D eigenvalue weighted by molar-refractivity contribution is 5.48. The van der Waals surface area contributed by atoms with Gasteiger partial charge in [-0.05, 0) is 13.0 Å². The van der Waals surface area contributed by atoms with Crippen LogP contribution in [0, 0.1) is 10.1 Å². The maximum atomic E-state index is 10.8. The zero-order valence-electron chi connectivity index (χ0n) is 8.75. The highest BCUT2D eigenvalue weighted by atomic mass is 16.6. The third-order valence-electron chi connectivity index (χ3n) is 1.72. The lowest BCUT2D eigenvalue weighted by Gasteiger charge is -2.06. The van der Waals surface area contributed by atoms with Gasteiger partial charge in [0.1, 0.15) is 6.33 Å². The summed E-state index contributed by atoms with van der Waals surface area (Å²) in [6, 6.07) is 0. The average molecular weight is 228 g/mol. The molecule has 0 bridgehead atoms. The van der Waals surface area contributed by atoms with Crippen molar-refractivity contribution in [3.8, 4) is 11.8 Å². The summed E-state index contributed by atoms with van der Waals surface area (Å²) in [5.74, 6) is -0.229. The van der Waals surface area contributed by atoms with E-state index in [4.69, 9.17) is 15.2 Å². The number of nitrogens with zero attached hydrogens (tertiary/aromatic N) is 3. The van der Waals surface area contributed by atoms with E-state index in [0.29, 0.717) is 13.0 Å². The van der Waals surface area contributed by atoms with Crippen LogP contribution in [0.1, 0.15) is 6.42 Å². The zero-order chi connectivity index (χ0) is 12.0. The van der Waals surface area contributed by atoms with Crippen molar-refractivity contribution in [2.45, 2.75) is 6.42 Å². The molecule has 8 heteroatoms. The summed E-state index contributed by atoms with van der Waals surface area (Å²) in [5.41, 5.74) is 4.90. The van der Waals surface area contributed by atoms with Gasteiger partial charge < -0.3 is 15.2 Å². The number of aromatic nitrogens is 2. The molecule has 0 spiro atoms. The van der Waals surface area contributed by atoms with E-state index in [2.05, 4.69) is 9.97 Å². The number of ether oxygens (including phenoxy) is 2. The summed E-state index contributed by atoms with van der Waals surface area (Å²) >= 11 is 0. The lowest BCUT2D eigenvalue weighted by atomic mass is 10.4. The number of hydrogen-bond acceptors (Lipinski definition) is 7. The van der Waals surface area contributed by atoms with Gasteiger partial charge in [-0.25, -0.2) is 0 Å². The second kappa shape index (κ2) is 5.81. The highest BCUT2D eigenvalue weighted by Crippen LogP contribution is 2.31. The Bertz CT molecular complexity index is 371. The highest BCUT2D eigenvalue weighted by Gasteiger charge is 2.25. The summed E-state index contributed by atoms with van der Waals surface area (Å²) in [7, 11) is 1.29. The molecule has 0 aromatic carbocycles. The van der Waals surface area contributed by atoms with Crippen LogP contribution >= 0.6 is 0 Å². The van der Waals surface area contributed by atoms with Gasteiger partial charge in [0.2, 0.25) is 0 Å². The van der Waals surface area contributed by atoms with Crippen LogP contribution in [0.25, 0.3) is 0 Å². The van der Waals surface area contributed by atoms with Crippen LogP contribution in [0.4, 0.5) is 5.69 Å². The Hall–Kier alpha value is -1.96. The predicted octanol–water partition coefficient (Wildman–Crippen LogP) is 0.121. The van der Waals surface area contributed by atoms with Crippen molar-refractivity contribution in [3.05, 3.63) is 16.4 Å². The summed E-state index contributed by atoms with van der Waals surface area (Å²) in [5, 5.41) is 10.8. The minimum absolute atomic E-state index is 0.106. The Kier molecular flexibility index (Phi) is 4.40. The van der Waals surface area contributed by atoms with E-state index < -0.39 is 4.92 Å². The standard InChI is InChI=1S/C8H12N4O4/c1-15-7-6(12(13)14)8(11-5-10-7)16-4-2-3-9/h5H,2-4,9H2,1H3. The van der Waals surface area contributed by atoms with Gasteiger partial charge in [-0.1, -0.05) is 0 Å². The number of rotatable bonds is 6. The third-order valence-corrected chi connectivity index (χ3v) is 1.72. The lowest BCUT2D eigenvalue weighted by molar-refractivity contribution is -0.387. The number of methoxy groups -OCH3 is 1. The van der Waals surface area contributed by atoms with Crippen molar-refractivity contribution in [2.75, 3.05) is 20.3 Å². The molecule has 0 amide bonds. The molecule has 1 heterocycles. The van der Waals surface area contributed by atoms with Crippen molar-refractivity contribution in [2.24, 2.45) is 5.73 Å². The van der Waals surface area contributed by atoms with Gasteiger partial charge in [0, 0.05) is 0 Å². The predicted molar refractivity (Wildman–Crippen MR) is 54.4 cm³/mol. The first kappa shape index (κ1) is 12.1. The van der Waals surface area contributed by atoms with Crippen LogP contribution in [0.5, 0.6) is 11.8 Å². The Labute approximate surface area is 91.6 Å². The molecule has 8 nitrogen and oxygen atoms in total. The molecule has 0 saturated heterocycles. The molecule has 2 N–H and O–H groups in total. The fourth-order valence-corrected chi connectivity index (χ4v) is 1.01. The Morgan fingerprint density at radius 3 is 2.75 bits per heavy atom. The molecule has 0 fully saturated rings. The third kappa shape index (κ3) is 2.76. The minimum atomic E-state index is -0.642. The topological polar surface area (TPSA) is 113 Å².